The van der Waals surface area contributed by atoms with Gasteiger partial charge in [-0.05, 0) is 18.6 Å². The number of allylic oxidation sites excluding steroid dienone is 3. The Morgan fingerprint density at radius 1 is 1.55 bits per heavy atom. The lowest BCUT2D eigenvalue weighted by atomic mass is 10.2. The number of hydrogen-bond donors (Lipinski definition) is 1. The predicted octanol–water partition coefficient (Wildman–Crippen LogP) is 1.58. The van der Waals surface area contributed by atoms with Crippen LogP contribution in [0, 0.1) is 0 Å². The van der Waals surface area contributed by atoms with Gasteiger partial charge in [0.15, 0.2) is 0 Å². The van der Waals surface area contributed by atoms with Crippen molar-refractivity contribution in [1.82, 2.24) is 4.90 Å². The number of nitrogens with zero attached hydrogens (tertiary/aromatic N) is 1. The van der Waals surface area contributed by atoms with E-state index in [-0.39, 0.29) is 0 Å². The van der Waals surface area contributed by atoms with E-state index >= 15 is 0 Å². The smallest absolute Gasteiger partial charge is 0.0563 e. The lowest BCUT2D eigenvalue weighted by Crippen LogP contribution is -2.18. The summed E-state index contributed by atoms with van der Waals surface area (Å²) in [5.41, 5.74) is 6.51. The summed E-state index contributed by atoms with van der Waals surface area (Å²) < 4.78 is 0. The third kappa shape index (κ3) is 1.87. The highest BCUT2D eigenvalue weighted by Gasteiger charge is 2.02. The second kappa shape index (κ2) is 3.86. The molecule has 2 heteroatoms. The summed E-state index contributed by atoms with van der Waals surface area (Å²) in [6.07, 6.45) is 10.8. The zero-order valence-corrected chi connectivity index (χ0v) is 6.83. The van der Waals surface area contributed by atoms with Crippen LogP contribution in [0.1, 0.15) is 13.3 Å². The Hall–Kier alpha value is -1.18. The van der Waals surface area contributed by atoms with Crippen LogP contribution < -0.4 is 5.73 Å². The molecule has 1 aliphatic heterocycles. The Morgan fingerprint density at radius 3 is 3.00 bits per heavy atom. The summed E-state index contributed by atoms with van der Waals surface area (Å²) in [6.45, 7) is 3.18. The minimum atomic E-state index is 1.03. The molecule has 60 valence electrons. The summed E-state index contributed by atoms with van der Waals surface area (Å²) in [7, 11) is 0. The monoisotopic (exact) mass is 150 g/mol. The van der Waals surface area contributed by atoms with Crippen LogP contribution in [0.15, 0.2) is 36.3 Å². The van der Waals surface area contributed by atoms with E-state index in [0.29, 0.717) is 0 Å². The van der Waals surface area contributed by atoms with Crippen LogP contribution in [0.5, 0.6) is 0 Å². The largest absolute Gasteiger partial charge is 0.403 e. The molecule has 0 saturated heterocycles. The first-order valence-electron chi connectivity index (χ1n) is 3.92. The topological polar surface area (TPSA) is 29.3 Å². The van der Waals surface area contributed by atoms with E-state index in [4.69, 9.17) is 5.73 Å². The maximum atomic E-state index is 5.44. The van der Waals surface area contributed by atoms with E-state index in [1.165, 1.54) is 0 Å². The van der Waals surface area contributed by atoms with E-state index in [1.807, 2.05) is 24.4 Å². The molecule has 1 rings (SSSR count). The molecule has 0 aliphatic carbocycles. The van der Waals surface area contributed by atoms with Gasteiger partial charge < -0.3 is 10.6 Å². The Labute approximate surface area is 67.7 Å². The minimum Gasteiger partial charge on any atom is -0.403 e. The first kappa shape index (κ1) is 7.92. The Bertz CT molecular complexity index is 202. The van der Waals surface area contributed by atoms with E-state index in [2.05, 4.69) is 11.8 Å². The molecule has 0 saturated carbocycles. The third-order valence-electron chi connectivity index (χ3n) is 1.61. The van der Waals surface area contributed by atoms with Crippen LogP contribution in [0.2, 0.25) is 0 Å². The molecule has 0 radical (unpaired) electrons. The van der Waals surface area contributed by atoms with Gasteiger partial charge in [-0.3, -0.25) is 0 Å². The molecule has 0 fully saturated rings. The number of nitrogens with two attached hydrogens (primary N) is 1. The van der Waals surface area contributed by atoms with Crippen LogP contribution >= 0.6 is 0 Å². The molecule has 0 aromatic heterocycles. The lowest BCUT2D eigenvalue weighted by molar-refractivity contribution is 0.471. The zero-order valence-electron chi connectivity index (χ0n) is 6.83. The molecule has 2 nitrogen and oxygen atoms in total. The summed E-state index contributed by atoms with van der Waals surface area (Å²) in [5.74, 6) is 0. The van der Waals surface area contributed by atoms with E-state index in [1.54, 1.807) is 6.20 Å². The van der Waals surface area contributed by atoms with Crippen molar-refractivity contribution in [3.63, 3.8) is 0 Å². The van der Waals surface area contributed by atoms with E-state index in [0.717, 1.165) is 18.7 Å². The highest BCUT2D eigenvalue weighted by molar-refractivity contribution is 5.26. The third-order valence-corrected chi connectivity index (χ3v) is 1.61. The first-order valence-corrected chi connectivity index (χ1v) is 3.92. The second-order valence-electron chi connectivity index (χ2n) is 2.49. The zero-order chi connectivity index (χ0) is 8.10. The van der Waals surface area contributed by atoms with Crippen LogP contribution in [0.3, 0.4) is 0 Å². The Balaban J connectivity index is 2.63. The Kier molecular flexibility index (Phi) is 2.78. The van der Waals surface area contributed by atoms with Crippen LogP contribution in [0.4, 0.5) is 0 Å². The quantitative estimate of drug-likeness (QED) is 0.647. The van der Waals surface area contributed by atoms with Crippen molar-refractivity contribution in [2.75, 3.05) is 6.54 Å². The summed E-state index contributed by atoms with van der Waals surface area (Å²) in [6, 6.07) is 0. The fourth-order valence-corrected chi connectivity index (χ4v) is 1.09. The first-order chi connectivity index (χ1) is 5.38. The second-order valence-corrected chi connectivity index (χ2v) is 2.49. The standard InChI is InChI=1S/C9H14N2/c1-2-6-11-7-4-3-5-9(11)8-10/h3-5,7-8H,2,6,10H2,1H3/b9-8-. The maximum Gasteiger partial charge on any atom is 0.0563 e. The molecule has 0 amide bonds. The highest BCUT2D eigenvalue weighted by atomic mass is 15.1. The van der Waals surface area contributed by atoms with Crippen LogP contribution in [0.25, 0.3) is 0 Å². The molecule has 0 aromatic carbocycles. The fourth-order valence-electron chi connectivity index (χ4n) is 1.09. The molecule has 0 spiro atoms. The molecule has 1 heterocycles. The van der Waals surface area contributed by atoms with Gasteiger partial charge in [0.1, 0.15) is 0 Å². The number of rotatable bonds is 2. The van der Waals surface area contributed by atoms with Gasteiger partial charge in [0.25, 0.3) is 0 Å². The SMILES string of the molecule is CCCN1C=CC=C/C1=C/N. The molecular weight excluding hydrogens is 136 g/mol. The molecule has 0 bridgehead atoms. The van der Waals surface area contributed by atoms with Crippen molar-refractivity contribution in [2.45, 2.75) is 13.3 Å². The van der Waals surface area contributed by atoms with E-state index in [9.17, 15) is 0 Å². The molecule has 0 atom stereocenters. The summed E-state index contributed by atoms with van der Waals surface area (Å²) in [5, 5.41) is 0. The van der Waals surface area contributed by atoms with Crippen molar-refractivity contribution in [3.8, 4) is 0 Å². The average molecular weight is 150 g/mol. The van der Waals surface area contributed by atoms with Gasteiger partial charge in [-0.1, -0.05) is 13.0 Å². The van der Waals surface area contributed by atoms with Gasteiger partial charge in [-0.15, -0.1) is 0 Å². The minimum absolute atomic E-state index is 1.03. The molecule has 2 N–H and O–H groups in total. The van der Waals surface area contributed by atoms with Crippen LogP contribution in [-0.2, 0) is 0 Å². The normalized spacial score (nSPS) is 19.7. The van der Waals surface area contributed by atoms with Crippen molar-refractivity contribution in [2.24, 2.45) is 5.73 Å². The predicted molar refractivity (Wildman–Crippen MR) is 47.5 cm³/mol. The van der Waals surface area contributed by atoms with Gasteiger partial charge in [-0.2, -0.15) is 0 Å². The molecule has 0 aromatic rings. The van der Waals surface area contributed by atoms with E-state index < -0.39 is 0 Å². The Morgan fingerprint density at radius 2 is 2.36 bits per heavy atom. The van der Waals surface area contributed by atoms with Gasteiger partial charge >= 0.3 is 0 Å². The van der Waals surface area contributed by atoms with Crippen molar-refractivity contribution in [1.29, 1.82) is 0 Å². The fraction of sp³-hybridized carbons (Fsp3) is 0.333. The molecule has 1 aliphatic rings. The van der Waals surface area contributed by atoms with Gasteiger partial charge in [0, 0.05) is 18.9 Å². The summed E-state index contributed by atoms with van der Waals surface area (Å²) >= 11 is 0. The van der Waals surface area contributed by atoms with Crippen molar-refractivity contribution >= 4 is 0 Å². The summed E-state index contributed by atoms with van der Waals surface area (Å²) in [4.78, 5) is 2.14. The molecule has 0 unspecified atom stereocenters. The maximum absolute atomic E-state index is 5.44. The lowest BCUT2D eigenvalue weighted by Gasteiger charge is -2.22. The number of hydrogen-bond acceptors (Lipinski definition) is 2. The van der Waals surface area contributed by atoms with Gasteiger partial charge in [0.2, 0.25) is 0 Å². The molecular formula is C9H14N2. The highest BCUT2D eigenvalue weighted by Crippen LogP contribution is 2.10. The molecule has 11 heavy (non-hydrogen) atoms. The van der Waals surface area contributed by atoms with Crippen molar-refractivity contribution < 1.29 is 0 Å². The van der Waals surface area contributed by atoms with Crippen LogP contribution in [-0.4, -0.2) is 11.4 Å². The van der Waals surface area contributed by atoms with Gasteiger partial charge in [-0.25, -0.2) is 0 Å². The van der Waals surface area contributed by atoms with Gasteiger partial charge in [0.05, 0.1) is 5.70 Å². The van der Waals surface area contributed by atoms with Crippen molar-refractivity contribution in [3.05, 3.63) is 36.3 Å². The average Bonchev–Trinajstić information content (AvgIpc) is 2.06.